The SMILES string of the molecule is N#C/C(=C\c1ccc(OC(=O)c2cccc([N+](=O)[O-])c2)cc1)C(=O)Nc1cccc(I)c1. The van der Waals surface area contributed by atoms with E-state index in [0.29, 0.717) is 11.3 Å². The average Bonchev–Trinajstić information content (AvgIpc) is 2.78. The zero-order chi connectivity index (χ0) is 23.1. The normalized spacial score (nSPS) is 10.7. The summed E-state index contributed by atoms with van der Waals surface area (Å²) in [5, 5.41) is 22.9. The molecule has 0 aliphatic rings. The smallest absolute Gasteiger partial charge is 0.343 e. The van der Waals surface area contributed by atoms with Gasteiger partial charge in [0.2, 0.25) is 0 Å². The van der Waals surface area contributed by atoms with E-state index in [1.807, 2.05) is 12.1 Å². The molecular weight excluding hydrogens is 525 g/mol. The molecule has 0 saturated carbocycles. The number of nitrogens with one attached hydrogen (secondary N) is 1. The zero-order valence-electron chi connectivity index (χ0n) is 16.3. The Morgan fingerprint density at radius 1 is 1.06 bits per heavy atom. The van der Waals surface area contributed by atoms with Crippen molar-refractivity contribution in [3.63, 3.8) is 0 Å². The molecule has 0 aromatic heterocycles. The number of hydrogen-bond acceptors (Lipinski definition) is 6. The number of carbonyl (C=O) groups is 2. The van der Waals surface area contributed by atoms with Crippen LogP contribution in [-0.2, 0) is 4.79 Å². The van der Waals surface area contributed by atoms with Gasteiger partial charge in [0.1, 0.15) is 17.4 Å². The fraction of sp³-hybridized carbons (Fsp3) is 0. The number of nitro benzene ring substituents is 1. The van der Waals surface area contributed by atoms with Crippen LogP contribution in [-0.4, -0.2) is 16.8 Å². The maximum Gasteiger partial charge on any atom is 0.343 e. The van der Waals surface area contributed by atoms with Gasteiger partial charge in [0.15, 0.2) is 0 Å². The molecule has 0 fully saturated rings. The van der Waals surface area contributed by atoms with Crippen LogP contribution in [0.4, 0.5) is 11.4 Å². The Bertz CT molecular complexity index is 1260. The van der Waals surface area contributed by atoms with Crippen LogP contribution in [0.25, 0.3) is 6.08 Å². The van der Waals surface area contributed by atoms with Crippen molar-refractivity contribution in [2.45, 2.75) is 0 Å². The predicted molar refractivity (Wildman–Crippen MR) is 126 cm³/mol. The molecule has 0 spiro atoms. The summed E-state index contributed by atoms with van der Waals surface area (Å²) in [5.41, 5.74) is 0.862. The lowest BCUT2D eigenvalue weighted by molar-refractivity contribution is -0.384. The minimum Gasteiger partial charge on any atom is -0.423 e. The Morgan fingerprint density at radius 3 is 2.44 bits per heavy atom. The summed E-state index contributed by atoms with van der Waals surface area (Å²) in [4.78, 5) is 34.9. The summed E-state index contributed by atoms with van der Waals surface area (Å²) in [6.45, 7) is 0. The van der Waals surface area contributed by atoms with Gasteiger partial charge in [-0.15, -0.1) is 0 Å². The van der Waals surface area contributed by atoms with E-state index in [2.05, 4.69) is 27.9 Å². The highest BCUT2D eigenvalue weighted by Gasteiger charge is 2.14. The number of halogens is 1. The third-order valence-corrected chi connectivity index (χ3v) is 4.81. The quantitative estimate of drug-likeness (QED) is 0.0899. The van der Waals surface area contributed by atoms with Gasteiger partial charge < -0.3 is 10.1 Å². The van der Waals surface area contributed by atoms with Crippen LogP contribution in [0.2, 0.25) is 0 Å². The van der Waals surface area contributed by atoms with Gasteiger partial charge in [0.05, 0.1) is 10.5 Å². The molecule has 0 aliphatic carbocycles. The second kappa shape index (κ2) is 10.3. The third kappa shape index (κ3) is 5.99. The van der Waals surface area contributed by atoms with Crippen LogP contribution in [0, 0.1) is 25.0 Å². The highest BCUT2D eigenvalue weighted by molar-refractivity contribution is 14.1. The molecule has 0 radical (unpaired) electrons. The highest BCUT2D eigenvalue weighted by Crippen LogP contribution is 2.19. The summed E-state index contributed by atoms with van der Waals surface area (Å²) >= 11 is 2.12. The standard InChI is InChI=1S/C23H14IN3O5/c24-18-4-2-5-19(13-18)26-22(28)17(14-25)11-15-7-9-21(10-8-15)32-23(29)16-3-1-6-20(12-16)27(30)31/h1-13H,(H,26,28)/b17-11+. The Labute approximate surface area is 196 Å². The Hall–Kier alpha value is -4.04. The number of non-ortho nitro benzene ring substituents is 1. The molecule has 3 rings (SSSR count). The van der Waals surface area contributed by atoms with Gasteiger partial charge in [0.25, 0.3) is 11.6 Å². The molecule has 0 saturated heterocycles. The summed E-state index contributed by atoms with van der Waals surface area (Å²) in [6.07, 6.45) is 1.41. The van der Waals surface area contributed by atoms with Crippen LogP contribution in [0.15, 0.2) is 78.4 Å². The first-order chi connectivity index (χ1) is 15.4. The number of nitro groups is 1. The molecule has 0 bridgehead atoms. The van der Waals surface area contributed by atoms with Crippen LogP contribution in [0.1, 0.15) is 15.9 Å². The zero-order valence-corrected chi connectivity index (χ0v) is 18.5. The van der Waals surface area contributed by atoms with E-state index in [-0.39, 0.29) is 22.6 Å². The van der Waals surface area contributed by atoms with E-state index < -0.39 is 16.8 Å². The highest BCUT2D eigenvalue weighted by atomic mass is 127. The lowest BCUT2D eigenvalue weighted by Crippen LogP contribution is -2.13. The summed E-state index contributed by atoms with van der Waals surface area (Å²) in [5.74, 6) is -1.08. The first-order valence-corrected chi connectivity index (χ1v) is 10.2. The second-order valence-corrected chi connectivity index (χ2v) is 7.65. The number of anilines is 1. The van der Waals surface area contributed by atoms with Gasteiger partial charge in [-0.25, -0.2) is 4.79 Å². The van der Waals surface area contributed by atoms with Crippen LogP contribution in [0.3, 0.4) is 0 Å². The molecule has 3 aromatic rings. The van der Waals surface area contributed by atoms with E-state index in [0.717, 1.165) is 9.64 Å². The van der Waals surface area contributed by atoms with Crippen molar-refractivity contribution in [2.75, 3.05) is 5.32 Å². The predicted octanol–water partition coefficient (Wildman–Crippen LogP) is 4.96. The van der Waals surface area contributed by atoms with E-state index >= 15 is 0 Å². The number of ether oxygens (including phenoxy) is 1. The van der Waals surface area contributed by atoms with Crippen LogP contribution in [0.5, 0.6) is 5.75 Å². The monoisotopic (exact) mass is 539 g/mol. The summed E-state index contributed by atoms with van der Waals surface area (Å²) < 4.78 is 6.17. The molecule has 1 N–H and O–H groups in total. The fourth-order valence-corrected chi connectivity index (χ4v) is 3.17. The molecule has 32 heavy (non-hydrogen) atoms. The molecule has 1 amide bonds. The maximum absolute atomic E-state index is 12.4. The fourth-order valence-electron chi connectivity index (χ4n) is 2.62. The summed E-state index contributed by atoms with van der Waals surface area (Å²) in [7, 11) is 0. The number of hydrogen-bond donors (Lipinski definition) is 1. The third-order valence-electron chi connectivity index (χ3n) is 4.14. The molecule has 0 atom stereocenters. The van der Waals surface area contributed by atoms with Crippen LogP contribution >= 0.6 is 22.6 Å². The van der Waals surface area contributed by atoms with Crippen LogP contribution < -0.4 is 10.1 Å². The Kier molecular flexibility index (Phi) is 7.30. The number of nitrogens with zero attached hydrogens (tertiary/aromatic N) is 2. The van der Waals surface area contributed by atoms with Gasteiger partial charge in [-0.3, -0.25) is 14.9 Å². The minimum atomic E-state index is -0.744. The summed E-state index contributed by atoms with van der Waals surface area (Å²) in [6, 6.07) is 20.4. The number of rotatable bonds is 6. The van der Waals surface area contributed by atoms with Gasteiger partial charge in [-0.2, -0.15) is 5.26 Å². The Balaban J connectivity index is 1.70. The number of amides is 1. The lowest BCUT2D eigenvalue weighted by atomic mass is 10.1. The van der Waals surface area contributed by atoms with Gasteiger partial charge >= 0.3 is 5.97 Å². The minimum absolute atomic E-state index is 0.0437. The molecule has 8 nitrogen and oxygen atoms in total. The first-order valence-electron chi connectivity index (χ1n) is 9.11. The molecular formula is C23H14IN3O5. The molecule has 0 unspecified atom stereocenters. The van der Waals surface area contributed by atoms with E-state index in [1.165, 1.54) is 36.4 Å². The molecule has 0 aliphatic heterocycles. The molecule has 9 heteroatoms. The molecule has 0 heterocycles. The van der Waals surface area contributed by atoms with E-state index in [4.69, 9.17) is 4.74 Å². The van der Waals surface area contributed by atoms with Crippen molar-refractivity contribution < 1.29 is 19.2 Å². The maximum atomic E-state index is 12.4. The number of esters is 1. The van der Waals surface area contributed by atoms with Gasteiger partial charge in [-0.1, -0.05) is 24.3 Å². The van der Waals surface area contributed by atoms with Gasteiger partial charge in [-0.05, 0) is 70.6 Å². The van der Waals surface area contributed by atoms with Crippen molar-refractivity contribution in [1.82, 2.24) is 0 Å². The van der Waals surface area contributed by atoms with Crippen molar-refractivity contribution in [2.24, 2.45) is 0 Å². The number of carbonyl (C=O) groups excluding carboxylic acids is 2. The van der Waals surface area contributed by atoms with Crippen molar-refractivity contribution in [3.8, 4) is 11.8 Å². The lowest BCUT2D eigenvalue weighted by Gasteiger charge is -2.06. The van der Waals surface area contributed by atoms with Crippen molar-refractivity contribution in [3.05, 3.63) is 103 Å². The largest absolute Gasteiger partial charge is 0.423 e. The van der Waals surface area contributed by atoms with Crippen molar-refractivity contribution >= 4 is 51.9 Å². The Morgan fingerprint density at radius 2 is 1.78 bits per heavy atom. The van der Waals surface area contributed by atoms with E-state index in [1.54, 1.807) is 30.3 Å². The first kappa shape index (κ1) is 22.6. The molecule has 158 valence electrons. The van der Waals surface area contributed by atoms with Crippen molar-refractivity contribution in [1.29, 1.82) is 5.26 Å². The van der Waals surface area contributed by atoms with E-state index in [9.17, 15) is 25.0 Å². The molecule has 3 aromatic carbocycles. The topological polar surface area (TPSA) is 122 Å². The number of benzene rings is 3. The number of nitriles is 1. The second-order valence-electron chi connectivity index (χ2n) is 6.40. The van der Waals surface area contributed by atoms with Gasteiger partial charge in [0, 0.05) is 21.4 Å². The average molecular weight is 539 g/mol.